The second kappa shape index (κ2) is 6.70. The molecule has 0 amide bonds. The van der Waals surface area contributed by atoms with E-state index in [1.165, 1.54) is 31.4 Å². The Balaban J connectivity index is 2.50. The maximum atomic E-state index is 5.79. The monoisotopic (exact) mass is 218 g/mol. The molecule has 84 valence electrons. The van der Waals surface area contributed by atoms with Crippen molar-refractivity contribution >= 4 is 11.8 Å². The summed E-state index contributed by atoms with van der Waals surface area (Å²) in [6, 6.07) is 0. The molecule has 0 bridgehead atoms. The van der Waals surface area contributed by atoms with E-state index in [1.807, 2.05) is 25.6 Å². The topological polar surface area (TPSA) is 18.5 Å². The maximum Gasteiger partial charge on any atom is 0.218 e. The molecule has 0 aromatic rings. The first kappa shape index (κ1) is 12.3. The van der Waals surface area contributed by atoms with E-state index in [0.29, 0.717) is 0 Å². The Labute approximate surface area is 91.7 Å². The van der Waals surface area contributed by atoms with Crippen molar-refractivity contribution in [3.8, 4) is 0 Å². The summed E-state index contributed by atoms with van der Waals surface area (Å²) >= 11 is 1.85. The zero-order chi connectivity index (χ0) is 10.3. The Morgan fingerprint density at radius 3 is 2.29 bits per heavy atom. The molecule has 0 aromatic carbocycles. The van der Waals surface area contributed by atoms with Crippen LogP contribution >= 0.6 is 11.8 Å². The summed E-state index contributed by atoms with van der Waals surface area (Å²) in [6.07, 6.45) is 6.25. The van der Waals surface area contributed by atoms with Gasteiger partial charge in [0.2, 0.25) is 5.12 Å². The van der Waals surface area contributed by atoms with E-state index in [2.05, 4.69) is 0 Å². The van der Waals surface area contributed by atoms with Gasteiger partial charge >= 0.3 is 0 Å². The Hall–Kier alpha value is 0.270. The van der Waals surface area contributed by atoms with Gasteiger partial charge in [-0.3, -0.25) is 0 Å². The summed E-state index contributed by atoms with van der Waals surface area (Å²) in [5.41, 5.74) is 0. The molecular formula is C11H22O2S. The number of hydrogen-bond donors (Lipinski definition) is 0. The van der Waals surface area contributed by atoms with Gasteiger partial charge in [-0.2, -0.15) is 0 Å². The lowest BCUT2D eigenvalue weighted by atomic mass is 10.1. The fourth-order valence-corrected chi connectivity index (χ4v) is 3.16. The van der Waals surface area contributed by atoms with Crippen LogP contribution in [0.2, 0.25) is 0 Å². The number of rotatable bonds is 4. The maximum absolute atomic E-state index is 5.79. The van der Waals surface area contributed by atoms with Crippen molar-refractivity contribution in [1.29, 1.82) is 0 Å². The van der Waals surface area contributed by atoms with Crippen LogP contribution in [0.5, 0.6) is 0 Å². The molecule has 1 saturated heterocycles. The molecule has 0 saturated carbocycles. The molecule has 3 heteroatoms. The van der Waals surface area contributed by atoms with Gasteiger partial charge in [0.1, 0.15) is 0 Å². The van der Waals surface area contributed by atoms with Gasteiger partial charge in [-0.1, -0.05) is 24.6 Å². The lowest BCUT2D eigenvalue weighted by molar-refractivity contribution is -0.170. The average molecular weight is 218 g/mol. The highest BCUT2D eigenvalue weighted by Crippen LogP contribution is 2.36. The summed E-state index contributed by atoms with van der Waals surface area (Å²) in [5, 5.41) is -0.329. The normalized spacial score (nSPS) is 22.7. The molecule has 0 aliphatic carbocycles. The van der Waals surface area contributed by atoms with Gasteiger partial charge in [-0.25, -0.2) is 0 Å². The molecule has 1 heterocycles. The van der Waals surface area contributed by atoms with Crippen LogP contribution in [0.15, 0.2) is 0 Å². The number of hydrogen-bond acceptors (Lipinski definition) is 3. The quantitative estimate of drug-likeness (QED) is 0.674. The molecular weight excluding hydrogens is 196 g/mol. The van der Waals surface area contributed by atoms with Crippen LogP contribution in [0.3, 0.4) is 0 Å². The second-order valence-corrected chi connectivity index (χ2v) is 4.88. The number of thioether (sulfide) groups is 1. The summed E-state index contributed by atoms with van der Waals surface area (Å²) in [6.45, 7) is 5.57. The molecule has 0 N–H and O–H groups in total. The number of ether oxygens (including phenoxy) is 2. The zero-order valence-corrected chi connectivity index (χ0v) is 10.2. The van der Waals surface area contributed by atoms with Gasteiger partial charge in [-0.05, 0) is 32.4 Å². The van der Waals surface area contributed by atoms with Crippen molar-refractivity contribution < 1.29 is 9.47 Å². The Morgan fingerprint density at radius 2 is 1.64 bits per heavy atom. The first-order chi connectivity index (χ1) is 6.83. The predicted molar refractivity (Wildman–Crippen MR) is 61.5 cm³/mol. The molecule has 0 atom stereocenters. The highest BCUT2D eigenvalue weighted by atomic mass is 32.2. The van der Waals surface area contributed by atoms with Crippen molar-refractivity contribution in [3.63, 3.8) is 0 Å². The minimum absolute atomic E-state index is 0.329. The molecule has 1 aliphatic rings. The molecule has 0 radical (unpaired) electrons. The smallest absolute Gasteiger partial charge is 0.218 e. The van der Waals surface area contributed by atoms with Crippen LogP contribution in [-0.4, -0.2) is 24.1 Å². The van der Waals surface area contributed by atoms with Gasteiger partial charge in [0.25, 0.3) is 0 Å². The molecule has 2 nitrogen and oxygen atoms in total. The molecule has 1 rings (SSSR count). The second-order valence-electron chi connectivity index (χ2n) is 3.56. The summed E-state index contributed by atoms with van der Waals surface area (Å²) in [5.74, 6) is 1.17. The first-order valence-corrected chi connectivity index (χ1v) is 6.73. The minimum Gasteiger partial charge on any atom is -0.341 e. The molecule has 0 aromatic heterocycles. The van der Waals surface area contributed by atoms with Crippen molar-refractivity contribution in [2.45, 2.75) is 51.1 Å². The Kier molecular flexibility index (Phi) is 5.90. The summed E-state index contributed by atoms with van der Waals surface area (Å²) < 4.78 is 11.6. The third-order valence-corrected chi connectivity index (χ3v) is 3.80. The lowest BCUT2D eigenvalue weighted by Gasteiger charge is -2.33. The van der Waals surface area contributed by atoms with E-state index >= 15 is 0 Å². The molecule has 0 unspecified atom stereocenters. The third kappa shape index (κ3) is 3.79. The van der Waals surface area contributed by atoms with Gasteiger partial charge < -0.3 is 9.47 Å². The molecule has 1 aliphatic heterocycles. The first-order valence-electron chi connectivity index (χ1n) is 5.75. The van der Waals surface area contributed by atoms with Crippen LogP contribution in [0.1, 0.15) is 46.0 Å². The van der Waals surface area contributed by atoms with Crippen molar-refractivity contribution in [2.75, 3.05) is 19.0 Å². The van der Waals surface area contributed by atoms with Crippen molar-refractivity contribution in [1.82, 2.24) is 0 Å². The molecule has 0 spiro atoms. The van der Waals surface area contributed by atoms with Gasteiger partial charge in [0.15, 0.2) is 0 Å². The highest BCUT2D eigenvalue weighted by Gasteiger charge is 2.32. The van der Waals surface area contributed by atoms with E-state index in [4.69, 9.17) is 9.47 Å². The highest BCUT2D eigenvalue weighted by molar-refractivity contribution is 8.00. The van der Waals surface area contributed by atoms with Crippen LogP contribution in [-0.2, 0) is 9.47 Å². The molecule has 14 heavy (non-hydrogen) atoms. The Bertz CT molecular complexity index is 134. The summed E-state index contributed by atoms with van der Waals surface area (Å²) in [7, 11) is 0. The fraction of sp³-hybridized carbons (Fsp3) is 1.00. The SMILES string of the molecule is CCOC1(OCC)CCCCCCS1. The summed E-state index contributed by atoms with van der Waals surface area (Å²) in [4.78, 5) is 0. The van der Waals surface area contributed by atoms with Crippen molar-refractivity contribution in [2.24, 2.45) is 0 Å². The van der Waals surface area contributed by atoms with Gasteiger partial charge in [-0.15, -0.1) is 0 Å². The van der Waals surface area contributed by atoms with E-state index in [1.54, 1.807) is 0 Å². The average Bonchev–Trinajstić information content (AvgIpc) is 2.12. The fourth-order valence-electron chi connectivity index (χ4n) is 1.81. The van der Waals surface area contributed by atoms with E-state index < -0.39 is 0 Å². The lowest BCUT2D eigenvalue weighted by Crippen LogP contribution is -2.33. The molecule has 1 fully saturated rings. The Morgan fingerprint density at radius 1 is 1.00 bits per heavy atom. The van der Waals surface area contributed by atoms with E-state index in [9.17, 15) is 0 Å². The standard InChI is InChI=1S/C11H22O2S/c1-3-12-11(13-4-2)9-7-5-6-8-10-14-11/h3-10H2,1-2H3. The van der Waals surface area contributed by atoms with Crippen LogP contribution in [0.4, 0.5) is 0 Å². The van der Waals surface area contributed by atoms with Gasteiger partial charge in [0, 0.05) is 19.6 Å². The van der Waals surface area contributed by atoms with Crippen LogP contribution < -0.4 is 0 Å². The van der Waals surface area contributed by atoms with Crippen molar-refractivity contribution in [3.05, 3.63) is 0 Å². The largest absolute Gasteiger partial charge is 0.341 e. The minimum atomic E-state index is -0.329. The van der Waals surface area contributed by atoms with E-state index in [-0.39, 0.29) is 5.12 Å². The third-order valence-electron chi connectivity index (χ3n) is 2.43. The van der Waals surface area contributed by atoms with E-state index in [0.717, 1.165) is 19.6 Å². The zero-order valence-electron chi connectivity index (χ0n) is 9.38. The van der Waals surface area contributed by atoms with Crippen LogP contribution in [0, 0.1) is 0 Å². The predicted octanol–water partition coefficient (Wildman–Crippen LogP) is 3.41. The van der Waals surface area contributed by atoms with Gasteiger partial charge in [0.05, 0.1) is 0 Å². The van der Waals surface area contributed by atoms with Crippen LogP contribution in [0.25, 0.3) is 0 Å².